The Hall–Kier alpha value is -0.940. The minimum atomic E-state index is -4.63. The van der Waals surface area contributed by atoms with E-state index in [1.807, 2.05) is 0 Å². The lowest BCUT2D eigenvalue weighted by Gasteiger charge is -2.37. The maximum absolute atomic E-state index is 13.0. The zero-order chi connectivity index (χ0) is 15.0. The Morgan fingerprint density at radius 3 is 2.30 bits per heavy atom. The van der Waals surface area contributed by atoms with E-state index in [0.717, 1.165) is 25.3 Å². The Kier molecular flexibility index (Phi) is 4.21. The van der Waals surface area contributed by atoms with Gasteiger partial charge in [-0.15, -0.1) is 0 Å². The quantitative estimate of drug-likeness (QED) is 0.859. The van der Waals surface area contributed by atoms with Crippen LogP contribution in [0.1, 0.15) is 43.2 Å². The van der Waals surface area contributed by atoms with Crippen LogP contribution in [0.2, 0.25) is 5.02 Å². The van der Waals surface area contributed by atoms with E-state index < -0.39 is 22.9 Å². The Labute approximate surface area is 120 Å². The first-order chi connectivity index (χ1) is 9.30. The summed E-state index contributed by atoms with van der Waals surface area (Å²) < 4.78 is 38.9. The molecule has 1 aromatic rings. The molecule has 20 heavy (non-hydrogen) atoms. The number of hydrogen-bond acceptors (Lipinski definition) is 2. The van der Waals surface area contributed by atoms with Gasteiger partial charge in [-0.3, -0.25) is 0 Å². The van der Waals surface area contributed by atoms with Crippen molar-refractivity contribution in [1.82, 2.24) is 0 Å². The molecule has 6 heteroatoms. The van der Waals surface area contributed by atoms with E-state index >= 15 is 0 Å². The van der Waals surface area contributed by atoms with Crippen LogP contribution in [0, 0.1) is 0 Å². The van der Waals surface area contributed by atoms with Gasteiger partial charge < -0.3 is 10.8 Å². The molecule has 1 aliphatic rings. The third-order valence-corrected chi connectivity index (χ3v) is 4.37. The number of aromatic hydroxyl groups is 1. The molecule has 1 saturated carbocycles. The normalized spacial score (nSPS) is 19.1. The van der Waals surface area contributed by atoms with Gasteiger partial charge in [-0.25, -0.2) is 0 Å². The highest BCUT2D eigenvalue weighted by Crippen LogP contribution is 2.47. The summed E-state index contributed by atoms with van der Waals surface area (Å²) in [5, 5.41) is 10.0. The SMILES string of the molecule is NCC1(c2cc(Cl)cc(C(F)(F)F)c2O)CCCCC1. The fraction of sp³-hybridized carbons (Fsp3) is 0.571. The number of phenols is 1. The highest BCUT2D eigenvalue weighted by Gasteiger charge is 2.40. The molecule has 1 aliphatic carbocycles. The van der Waals surface area contributed by atoms with Crippen molar-refractivity contribution in [2.45, 2.75) is 43.7 Å². The summed E-state index contributed by atoms with van der Waals surface area (Å²) in [6, 6.07) is 2.18. The number of phenolic OH excluding ortho intramolecular Hbond substituents is 1. The van der Waals surface area contributed by atoms with Crippen molar-refractivity contribution >= 4 is 11.6 Å². The van der Waals surface area contributed by atoms with Crippen molar-refractivity contribution in [2.24, 2.45) is 5.73 Å². The maximum atomic E-state index is 13.0. The summed E-state index contributed by atoms with van der Waals surface area (Å²) >= 11 is 5.81. The average Bonchev–Trinajstić information content (AvgIpc) is 2.40. The van der Waals surface area contributed by atoms with Crippen LogP contribution < -0.4 is 5.73 Å². The molecule has 1 fully saturated rings. The van der Waals surface area contributed by atoms with Crippen LogP contribution in [-0.2, 0) is 11.6 Å². The predicted octanol–water partition coefficient (Wildman–Crippen LogP) is 4.23. The predicted molar refractivity (Wildman–Crippen MR) is 71.9 cm³/mol. The van der Waals surface area contributed by atoms with Crippen molar-refractivity contribution < 1.29 is 18.3 Å². The van der Waals surface area contributed by atoms with Gasteiger partial charge in [0.25, 0.3) is 0 Å². The molecule has 0 saturated heterocycles. The monoisotopic (exact) mass is 307 g/mol. The molecule has 2 nitrogen and oxygen atoms in total. The molecule has 2 rings (SSSR count). The minimum absolute atomic E-state index is 0.0245. The summed E-state index contributed by atoms with van der Waals surface area (Å²) in [4.78, 5) is 0. The van der Waals surface area contributed by atoms with Crippen molar-refractivity contribution in [2.75, 3.05) is 6.54 Å². The molecule has 0 aromatic heterocycles. The van der Waals surface area contributed by atoms with E-state index in [-0.39, 0.29) is 17.1 Å². The van der Waals surface area contributed by atoms with E-state index in [9.17, 15) is 18.3 Å². The standard InChI is InChI=1S/C14H17ClF3NO/c15-9-6-10(12(20)11(7-9)14(16,17)18)13(8-19)4-2-1-3-5-13/h6-7,20H,1-5,8,19H2. The van der Waals surface area contributed by atoms with Gasteiger partial charge in [0.1, 0.15) is 5.75 Å². The molecule has 0 amide bonds. The van der Waals surface area contributed by atoms with Gasteiger partial charge in [-0.05, 0) is 25.0 Å². The zero-order valence-corrected chi connectivity index (χ0v) is 11.7. The largest absolute Gasteiger partial charge is 0.507 e. The highest BCUT2D eigenvalue weighted by atomic mass is 35.5. The van der Waals surface area contributed by atoms with E-state index in [4.69, 9.17) is 17.3 Å². The number of nitrogens with two attached hydrogens (primary N) is 1. The lowest BCUT2D eigenvalue weighted by atomic mass is 9.69. The van der Waals surface area contributed by atoms with Crippen LogP contribution in [0.4, 0.5) is 13.2 Å². The zero-order valence-electron chi connectivity index (χ0n) is 10.9. The van der Waals surface area contributed by atoms with Crippen LogP contribution in [0.25, 0.3) is 0 Å². The van der Waals surface area contributed by atoms with Crippen LogP contribution in [0.3, 0.4) is 0 Å². The molecular formula is C14H17ClF3NO. The lowest BCUT2D eigenvalue weighted by Crippen LogP contribution is -2.37. The van der Waals surface area contributed by atoms with Gasteiger partial charge in [-0.1, -0.05) is 30.9 Å². The summed E-state index contributed by atoms with van der Waals surface area (Å²) in [5.74, 6) is -0.728. The van der Waals surface area contributed by atoms with Gasteiger partial charge in [0, 0.05) is 22.5 Å². The first-order valence-electron chi connectivity index (χ1n) is 6.60. The Bertz CT molecular complexity index is 496. The van der Waals surface area contributed by atoms with Crippen molar-refractivity contribution in [3.8, 4) is 5.75 Å². The van der Waals surface area contributed by atoms with Crippen LogP contribution >= 0.6 is 11.6 Å². The van der Waals surface area contributed by atoms with Crippen molar-refractivity contribution in [1.29, 1.82) is 0 Å². The number of alkyl halides is 3. The molecule has 1 aromatic carbocycles. The summed E-state index contributed by atoms with van der Waals surface area (Å²) in [6.45, 7) is 0.207. The first-order valence-corrected chi connectivity index (χ1v) is 6.98. The van der Waals surface area contributed by atoms with Crippen LogP contribution in [-0.4, -0.2) is 11.7 Å². The minimum Gasteiger partial charge on any atom is -0.507 e. The van der Waals surface area contributed by atoms with E-state index in [2.05, 4.69) is 0 Å². The molecule has 0 radical (unpaired) electrons. The van der Waals surface area contributed by atoms with Gasteiger partial charge >= 0.3 is 6.18 Å². The van der Waals surface area contributed by atoms with Gasteiger partial charge in [0.15, 0.2) is 0 Å². The third kappa shape index (κ3) is 2.74. The highest BCUT2D eigenvalue weighted by molar-refractivity contribution is 6.30. The second-order valence-corrected chi connectivity index (χ2v) is 5.83. The van der Waals surface area contributed by atoms with Crippen LogP contribution in [0.15, 0.2) is 12.1 Å². The summed E-state index contributed by atoms with van der Waals surface area (Å²) in [5.41, 5.74) is 4.36. The average molecular weight is 308 g/mol. The van der Waals surface area contributed by atoms with E-state index in [1.165, 1.54) is 6.07 Å². The Morgan fingerprint density at radius 2 is 1.80 bits per heavy atom. The number of hydrogen-bond donors (Lipinski definition) is 2. The second-order valence-electron chi connectivity index (χ2n) is 5.39. The molecule has 3 N–H and O–H groups in total. The molecule has 0 spiro atoms. The van der Waals surface area contributed by atoms with E-state index in [0.29, 0.717) is 12.8 Å². The van der Waals surface area contributed by atoms with E-state index in [1.54, 1.807) is 0 Å². The fourth-order valence-corrected chi connectivity index (χ4v) is 3.25. The number of rotatable bonds is 2. The fourth-order valence-electron chi connectivity index (χ4n) is 3.03. The molecule has 0 heterocycles. The Morgan fingerprint density at radius 1 is 1.20 bits per heavy atom. The smallest absolute Gasteiger partial charge is 0.420 e. The topological polar surface area (TPSA) is 46.2 Å². The van der Waals surface area contributed by atoms with Crippen LogP contribution in [0.5, 0.6) is 5.75 Å². The van der Waals surface area contributed by atoms with Crippen molar-refractivity contribution in [3.63, 3.8) is 0 Å². The maximum Gasteiger partial charge on any atom is 0.420 e. The Balaban J connectivity index is 2.58. The van der Waals surface area contributed by atoms with Gasteiger partial charge in [0.05, 0.1) is 5.56 Å². The number of halogens is 4. The van der Waals surface area contributed by atoms with Gasteiger partial charge in [0.2, 0.25) is 0 Å². The first kappa shape index (κ1) is 15.4. The lowest BCUT2D eigenvalue weighted by molar-refractivity contribution is -0.138. The number of benzene rings is 1. The molecular weight excluding hydrogens is 291 g/mol. The molecule has 112 valence electrons. The third-order valence-electron chi connectivity index (χ3n) is 4.15. The summed E-state index contributed by atoms with van der Waals surface area (Å²) in [7, 11) is 0. The molecule has 0 atom stereocenters. The van der Waals surface area contributed by atoms with Crippen molar-refractivity contribution in [3.05, 3.63) is 28.3 Å². The summed E-state index contributed by atoms with van der Waals surface area (Å²) in [6.07, 6.45) is -0.457. The molecule has 0 bridgehead atoms. The molecule has 0 unspecified atom stereocenters. The van der Waals surface area contributed by atoms with Gasteiger partial charge in [-0.2, -0.15) is 13.2 Å². The molecule has 0 aliphatic heterocycles. The second kappa shape index (κ2) is 5.45.